The van der Waals surface area contributed by atoms with Gasteiger partial charge in [-0.25, -0.2) is 4.39 Å². The first-order valence-corrected chi connectivity index (χ1v) is 8.02. The van der Waals surface area contributed by atoms with Crippen LogP contribution in [-0.2, 0) is 6.54 Å². The van der Waals surface area contributed by atoms with Crippen LogP contribution in [0.5, 0.6) is 0 Å². The smallest absolute Gasteiger partial charge is 0.337 e. The first-order chi connectivity index (χ1) is 12.8. The first-order valence-electron chi connectivity index (χ1n) is 8.02. The van der Waals surface area contributed by atoms with E-state index in [4.69, 9.17) is 0 Å². The molecule has 0 aliphatic rings. The van der Waals surface area contributed by atoms with Crippen LogP contribution in [0.15, 0.2) is 67.0 Å². The molecule has 27 heavy (non-hydrogen) atoms. The number of amides is 1. The van der Waals surface area contributed by atoms with Crippen LogP contribution < -0.4 is 5.32 Å². The average Bonchev–Trinajstić information content (AvgIpc) is 3.09. The van der Waals surface area contributed by atoms with E-state index in [9.17, 15) is 22.4 Å². The number of hydrogen-bond acceptors (Lipinski definition) is 2. The van der Waals surface area contributed by atoms with E-state index in [1.165, 1.54) is 17.1 Å². The van der Waals surface area contributed by atoms with Gasteiger partial charge in [0.25, 0.3) is 5.91 Å². The standard InChI is InChI=1S/C19H15F4N3O/c20-16-8-6-14(7-9-16)17(19(21,22)23)25-18(27)15-10-24-26(12-15)11-13-4-2-1-3-5-13/h1-10,12,17H,11H2,(H,25,27). The molecule has 0 saturated heterocycles. The number of carbonyl (C=O) groups excluding carboxylic acids is 1. The third kappa shape index (κ3) is 4.72. The summed E-state index contributed by atoms with van der Waals surface area (Å²) in [4.78, 5) is 12.3. The van der Waals surface area contributed by atoms with E-state index in [0.29, 0.717) is 6.54 Å². The molecule has 1 N–H and O–H groups in total. The van der Waals surface area contributed by atoms with E-state index < -0.39 is 23.9 Å². The maximum atomic E-state index is 13.3. The Morgan fingerprint density at radius 1 is 1.07 bits per heavy atom. The molecule has 3 aromatic rings. The molecule has 4 nitrogen and oxygen atoms in total. The Labute approximate surface area is 152 Å². The predicted molar refractivity (Wildman–Crippen MR) is 90.4 cm³/mol. The maximum absolute atomic E-state index is 13.3. The molecular weight excluding hydrogens is 362 g/mol. The molecule has 1 aromatic heterocycles. The number of hydrogen-bond donors (Lipinski definition) is 1. The molecule has 1 amide bonds. The predicted octanol–water partition coefficient (Wildman–Crippen LogP) is 4.10. The van der Waals surface area contributed by atoms with Crippen molar-refractivity contribution in [2.45, 2.75) is 18.8 Å². The topological polar surface area (TPSA) is 46.9 Å². The second-order valence-corrected chi connectivity index (χ2v) is 5.91. The van der Waals surface area contributed by atoms with Gasteiger partial charge in [0, 0.05) is 6.20 Å². The average molecular weight is 377 g/mol. The number of alkyl halides is 3. The molecule has 8 heteroatoms. The number of rotatable bonds is 5. The largest absolute Gasteiger partial charge is 0.412 e. The number of halogens is 4. The lowest BCUT2D eigenvalue weighted by molar-refractivity contribution is -0.155. The zero-order valence-corrected chi connectivity index (χ0v) is 13.9. The van der Waals surface area contributed by atoms with Gasteiger partial charge >= 0.3 is 6.18 Å². The highest BCUT2D eigenvalue weighted by molar-refractivity contribution is 5.94. The Kier molecular flexibility index (Phi) is 5.25. The molecule has 0 bridgehead atoms. The highest BCUT2D eigenvalue weighted by Crippen LogP contribution is 2.33. The third-order valence-corrected chi connectivity index (χ3v) is 3.89. The summed E-state index contributed by atoms with van der Waals surface area (Å²) < 4.78 is 54.5. The fourth-order valence-electron chi connectivity index (χ4n) is 2.56. The van der Waals surface area contributed by atoms with Crippen LogP contribution in [0.4, 0.5) is 17.6 Å². The molecule has 0 spiro atoms. The Morgan fingerprint density at radius 2 is 1.74 bits per heavy atom. The van der Waals surface area contributed by atoms with E-state index in [1.54, 1.807) is 0 Å². The summed E-state index contributed by atoms with van der Waals surface area (Å²) in [6, 6.07) is 10.9. The normalized spacial score (nSPS) is 12.6. The SMILES string of the molecule is O=C(NC(c1ccc(F)cc1)C(F)(F)F)c1cnn(Cc2ccccc2)c1. The molecule has 0 aliphatic heterocycles. The lowest BCUT2D eigenvalue weighted by atomic mass is 10.1. The summed E-state index contributed by atoms with van der Waals surface area (Å²) in [5.41, 5.74) is 0.684. The Bertz CT molecular complexity index is 905. The van der Waals surface area contributed by atoms with Gasteiger partial charge in [-0.15, -0.1) is 0 Å². The molecule has 1 atom stereocenters. The summed E-state index contributed by atoms with van der Waals surface area (Å²) in [7, 11) is 0. The van der Waals surface area contributed by atoms with Crippen LogP contribution in [0.2, 0.25) is 0 Å². The number of aromatic nitrogens is 2. The van der Waals surface area contributed by atoms with Gasteiger partial charge in [0.05, 0.1) is 18.3 Å². The molecule has 1 heterocycles. The van der Waals surface area contributed by atoms with Gasteiger partial charge < -0.3 is 5.32 Å². The van der Waals surface area contributed by atoms with E-state index in [1.807, 2.05) is 35.6 Å². The van der Waals surface area contributed by atoms with Gasteiger partial charge in [-0.1, -0.05) is 42.5 Å². The zero-order valence-electron chi connectivity index (χ0n) is 13.9. The van der Waals surface area contributed by atoms with Crippen LogP contribution >= 0.6 is 0 Å². The van der Waals surface area contributed by atoms with Crippen molar-refractivity contribution in [3.63, 3.8) is 0 Å². The second kappa shape index (κ2) is 7.61. The highest BCUT2D eigenvalue weighted by atomic mass is 19.4. The van der Waals surface area contributed by atoms with Gasteiger partial charge in [0.15, 0.2) is 6.04 Å². The summed E-state index contributed by atoms with van der Waals surface area (Å²) in [6.07, 6.45) is -2.15. The lowest BCUT2D eigenvalue weighted by Gasteiger charge is -2.21. The molecule has 0 radical (unpaired) electrons. The summed E-state index contributed by atoms with van der Waals surface area (Å²) in [5, 5.41) is 5.96. The van der Waals surface area contributed by atoms with E-state index in [2.05, 4.69) is 5.10 Å². The van der Waals surface area contributed by atoms with Crippen molar-refractivity contribution in [3.8, 4) is 0 Å². The fourth-order valence-corrected chi connectivity index (χ4v) is 2.56. The number of carbonyl (C=O) groups is 1. The zero-order chi connectivity index (χ0) is 19.4. The van der Waals surface area contributed by atoms with Crippen LogP contribution in [0, 0.1) is 5.82 Å². The van der Waals surface area contributed by atoms with Gasteiger partial charge in [-0.3, -0.25) is 9.48 Å². The third-order valence-electron chi connectivity index (χ3n) is 3.89. The highest BCUT2D eigenvalue weighted by Gasteiger charge is 2.42. The fraction of sp³-hybridized carbons (Fsp3) is 0.158. The van der Waals surface area contributed by atoms with Crippen molar-refractivity contribution >= 4 is 5.91 Å². The maximum Gasteiger partial charge on any atom is 0.412 e. The van der Waals surface area contributed by atoms with Crippen LogP contribution in [0.3, 0.4) is 0 Å². The van der Waals surface area contributed by atoms with Crippen LogP contribution in [-0.4, -0.2) is 21.9 Å². The second-order valence-electron chi connectivity index (χ2n) is 5.91. The number of nitrogens with one attached hydrogen (secondary N) is 1. The van der Waals surface area contributed by atoms with Crippen molar-refractivity contribution < 1.29 is 22.4 Å². The van der Waals surface area contributed by atoms with Gasteiger partial charge in [0.2, 0.25) is 0 Å². The van der Waals surface area contributed by atoms with Crippen LogP contribution in [0.25, 0.3) is 0 Å². The monoisotopic (exact) mass is 377 g/mol. The quantitative estimate of drug-likeness (QED) is 0.681. The molecule has 2 aromatic carbocycles. The molecule has 1 unspecified atom stereocenters. The summed E-state index contributed by atoms with van der Waals surface area (Å²) in [5.74, 6) is -1.57. The van der Waals surface area contributed by atoms with Gasteiger partial charge in [-0.05, 0) is 23.3 Å². The van der Waals surface area contributed by atoms with E-state index in [0.717, 1.165) is 29.8 Å². The molecule has 3 rings (SSSR count). The lowest BCUT2D eigenvalue weighted by Crippen LogP contribution is -2.38. The summed E-state index contributed by atoms with van der Waals surface area (Å²) in [6.45, 7) is 0.384. The van der Waals surface area contributed by atoms with E-state index in [-0.39, 0.29) is 11.1 Å². The molecule has 0 saturated carbocycles. The molecule has 0 aliphatic carbocycles. The van der Waals surface area contributed by atoms with Crippen molar-refractivity contribution in [1.29, 1.82) is 0 Å². The van der Waals surface area contributed by atoms with Gasteiger partial charge in [0.1, 0.15) is 5.82 Å². The van der Waals surface area contributed by atoms with Crippen molar-refractivity contribution in [3.05, 3.63) is 89.5 Å². The summed E-state index contributed by atoms with van der Waals surface area (Å²) >= 11 is 0. The van der Waals surface area contributed by atoms with Crippen molar-refractivity contribution in [1.82, 2.24) is 15.1 Å². The van der Waals surface area contributed by atoms with Crippen LogP contribution in [0.1, 0.15) is 27.5 Å². The molecule has 140 valence electrons. The van der Waals surface area contributed by atoms with E-state index >= 15 is 0 Å². The molecule has 0 fully saturated rings. The first kappa shape index (κ1) is 18.6. The number of benzene rings is 2. The Balaban J connectivity index is 1.75. The molecular formula is C19H15F4N3O. The Morgan fingerprint density at radius 3 is 2.37 bits per heavy atom. The van der Waals surface area contributed by atoms with Crippen molar-refractivity contribution in [2.24, 2.45) is 0 Å². The Hall–Kier alpha value is -3.16. The minimum absolute atomic E-state index is 0.00212. The van der Waals surface area contributed by atoms with Gasteiger partial charge in [-0.2, -0.15) is 18.3 Å². The minimum atomic E-state index is -4.73. The van der Waals surface area contributed by atoms with Crippen molar-refractivity contribution in [2.75, 3.05) is 0 Å². The minimum Gasteiger partial charge on any atom is -0.337 e. The number of nitrogens with zero attached hydrogens (tertiary/aromatic N) is 2.